The Kier molecular flexibility index (Phi) is 3.78. The van der Waals surface area contributed by atoms with Crippen molar-refractivity contribution in [2.24, 2.45) is 0 Å². The van der Waals surface area contributed by atoms with E-state index in [0.29, 0.717) is 15.7 Å². The van der Waals surface area contributed by atoms with Gasteiger partial charge in [-0.15, -0.1) is 0 Å². The molecule has 0 spiro atoms. The van der Waals surface area contributed by atoms with Gasteiger partial charge in [0.25, 0.3) is 5.69 Å². The normalized spacial score (nSPS) is 16.1. The lowest BCUT2D eigenvalue weighted by Crippen LogP contribution is -2.10. The Labute approximate surface area is 135 Å². The average molecular weight is 331 g/mol. The first-order valence-electron chi connectivity index (χ1n) is 6.21. The molecule has 0 aliphatic carbocycles. The predicted octanol–water partition coefficient (Wildman–Crippen LogP) is 2.87. The topological polar surface area (TPSA) is 77.2 Å². The zero-order valence-electron chi connectivity index (χ0n) is 11.1. The lowest BCUT2D eigenvalue weighted by Gasteiger charge is -2.07. The zero-order valence-corrected chi connectivity index (χ0v) is 12.7. The highest BCUT2D eigenvalue weighted by molar-refractivity contribution is 8.33. The van der Waals surface area contributed by atoms with Gasteiger partial charge in [0.1, 0.15) is 4.32 Å². The Hall–Kier alpha value is -2.45. The van der Waals surface area contributed by atoms with Crippen molar-refractivity contribution in [3.05, 3.63) is 64.1 Å². The number of nitro groups is 1. The Morgan fingerprint density at radius 1 is 1.32 bits per heavy atom. The van der Waals surface area contributed by atoms with Gasteiger partial charge in [-0.25, -0.2) is 0 Å². The van der Waals surface area contributed by atoms with E-state index in [9.17, 15) is 14.9 Å². The summed E-state index contributed by atoms with van der Waals surface area (Å²) < 4.78 is 2.19. The van der Waals surface area contributed by atoms with Crippen LogP contribution >= 0.6 is 24.0 Å². The number of nitrogens with zero attached hydrogens (tertiary/aromatic N) is 2. The number of rotatable bonds is 3. The maximum Gasteiger partial charge on any atom is 0.271 e. The second-order valence-corrected chi connectivity index (χ2v) is 6.09. The highest BCUT2D eigenvalue weighted by atomic mass is 32.2. The molecule has 2 aromatic rings. The molecular weight excluding hydrogens is 322 g/mol. The van der Waals surface area contributed by atoms with Crippen LogP contribution in [0, 0.1) is 10.1 Å². The quantitative estimate of drug-likeness (QED) is 0.403. The van der Waals surface area contributed by atoms with Crippen LogP contribution in [0.2, 0.25) is 0 Å². The summed E-state index contributed by atoms with van der Waals surface area (Å²) in [4.78, 5) is 22.2. The van der Waals surface area contributed by atoms with Crippen LogP contribution in [0.25, 0.3) is 11.8 Å². The molecular formula is C14H9N3O3S2. The van der Waals surface area contributed by atoms with Crippen LogP contribution in [-0.2, 0) is 4.79 Å². The van der Waals surface area contributed by atoms with Crippen molar-refractivity contribution in [3.63, 3.8) is 0 Å². The summed E-state index contributed by atoms with van der Waals surface area (Å²) in [7, 11) is 0. The van der Waals surface area contributed by atoms with Crippen LogP contribution in [0.5, 0.6) is 0 Å². The minimum Gasteiger partial charge on any atom is -0.337 e. The molecule has 0 amide bonds. The van der Waals surface area contributed by atoms with Crippen molar-refractivity contribution in [2.45, 2.75) is 0 Å². The van der Waals surface area contributed by atoms with Crippen molar-refractivity contribution in [2.75, 3.05) is 0 Å². The average Bonchev–Trinajstić information content (AvgIpc) is 3.06. The Morgan fingerprint density at radius 2 is 2.14 bits per heavy atom. The van der Waals surface area contributed by atoms with Gasteiger partial charge in [-0.3, -0.25) is 14.9 Å². The van der Waals surface area contributed by atoms with Crippen LogP contribution in [-0.4, -0.2) is 18.9 Å². The lowest BCUT2D eigenvalue weighted by molar-refractivity contribution is -0.384. The number of aromatic nitrogens is 1. The first-order chi connectivity index (χ1) is 10.5. The van der Waals surface area contributed by atoms with E-state index < -0.39 is 4.92 Å². The summed E-state index contributed by atoms with van der Waals surface area (Å²) in [6, 6.07) is 9.91. The highest BCUT2D eigenvalue weighted by Gasteiger charge is 2.22. The summed E-state index contributed by atoms with van der Waals surface area (Å²) in [6.45, 7) is 0. The van der Waals surface area contributed by atoms with E-state index >= 15 is 0 Å². The maximum absolute atomic E-state index is 11.7. The van der Waals surface area contributed by atoms with Gasteiger partial charge >= 0.3 is 0 Å². The molecule has 1 aliphatic rings. The molecule has 1 aromatic heterocycles. The van der Waals surface area contributed by atoms with Crippen LogP contribution < -0.4 is 5.32 Å². The van der Waals surface area contributed by atoms with Crippen LogP contribution in [0.3, 0.4) is 0 Å². The first kappa shape index (κ1) is 14.5. The Morgan fingerprint density at radius 3 is 2.82 bits per heavy atom. The SMILES string of the molecule is O=C1SC(=S)N/C1=C/c1cccn1-c1cccc([N+](=O)[O-])c1. The molecule has 1 fully saturated rings. The van der Waals surface area contributed by atoms with E-state index in [-0.39, 0.29) is 10.8 Å². The van der Waals surface area contributed by atoms with E-state index in [4.69, 9.17) is 12.2 Å². The molecule has 0 radical (unpaired) electrons. The van der Waals surface area contributed by atoms with Gasteiger partial charge in [-0.05, 0) is 36.0 Å². The summed E-state index contributed by atoms with van der Waals surface area (Å²) in [5.74, 6) is 0. The molecule has 0 saturated carbocycles. The number of nitro benzene ring substituents is 1. The van der Waals surface area contributed by atoms with Gasteiger partial charge < -0.3 is 9.88 Å². The van der Waals surface area contributed by atoms with Crippen molar-refractivity contribution < 1.29 is 9.72 Å². The third-order valence-corrected chi connectivity index (χ3v) is 4.08. The number of hydrogen-bond donors (Lipinski definition) is 1. The van der Waals surface area contributed by atoms with Gasteiger partial charge in [0.2, 0.25) is 5.12 Å². The van der Waals surface area contributed by atoms with Gasteiger partial charge in [-0.2, -0.15) is 0 Å². The molecule has 22 heavy (non-hydrogen) atoms. The molecule has 1 aromatic carbocycles. The lowest BCUT2D eigenvalue weighted by atomic mass is 10.2. The van der Waals surface area contributed by atoms with E-state index in [1.807, 2.05) is 6.07 Å². The summed E-state index contributed by atoms with van der Waals surface area (Å²) in [5.41, 5.74) is 1.78. The van der Waals surface area contributed by atoms with E-state index in [1.165, 1.54) is 12.1 Å². The largest absolute Gasteiger partial charge is 0.337 e. The molecule has 1 N–H and O–H groups in total. The van der Waals surface area contributed by atoms with Crippen LogP contribution in [0.15, 0.2) is 48.3 Å². The molecule has 6 nitrogen and oxygen atoms in total. The molecule has 3 rings (SSSR count). The van der Waals surface area contributed by atoms with Gasteiger partial charge in [0.05, 0.1) is 16.3 Å². The fourth-order valence-corrected chi connectivity index (χ4v) is 2.96. The monoisotopic (exact) mass is 331 g/mol. The highest BCUT2D eigenvalue weighted by Crippen LogP contribution is 2.23. The zero-order chi connectivity index (χ0) is 15.7. The minimum absolute atomic E-state index is 0.0107. The van der Waals surface area contributed by atoms with Gasteiger partial charge in [-0.1, -0.05) is 18.3 Å². The van der Waals surface area contributed by atoms with Crippen molar-refractivity contribution in [3.8, 4) is 5.69 Å². The fraction of sp³-hybridized carbons (Fsp3) is 0. The predicted molar refractivity (Wildman–Crippen MR) is 88.7 cm³/mol. The molecule has 8 heteroatoms. The third-order valence-electron chi connectivity index (χ3n) is 3.03. The van der Waals surface area contributed by atoms with E-state index in [2.05, 4.69) is 5.32 Å². The number of hydrogen-bond acceptors (Lipinski definition) is 5. The number of thiocarbonyl (C=S) groups is 1. The number of non-ortho nitro benzene ring substituents is 1. The number of thioether (sulfide) groups is 1. The first-order valence-corrected chi connectivity index (χ1v) is 7.44. The number of nitrogens with one attached hydrogen (secondary N) is 1. The molecule has 1 aliphatic heterocycles. The van der Waals surface area contributed by atoms with Gasteiger partial charge in [0.15, 0.2) is 0 Å². The Balaban J connectivity index is 2.01. The second kappa shape index (κ2) is 5.74. The number of carbonyl (C=O) groups is 1. The van der Waals surface area contributed by atoms with Crippen molar-refractivity contribution >= 4 is 45.2 Å². The van der Waals surface area contributed by atoms with E-state index in [0.717, 1.165) is 17.5 Å². The molecule has 110 valence electrons. The van der Waals surface area contributed by atoms with Crippen molar-refractivity contribution in [1.29, 1.82) is 0 Å². The summed E-state index contributed by atoms with van der Waals surface area (Å²) in [6.07, 6.45) is 3.45. The third kappa shape index (κ3) is 2.78. The minimum atomic E-state index is -0.442. The molecule has 0 bridgehead atoms. The standard InChI is InChI=1S/C14H9N3O3S2/c18-13-12(15-14(21)22-13)8-10-5-2-6-16(10)9-3-1-4-11(7-9)17(19)20/h1-8H,(H,15,21)/b12-8+. The smallest absolute Gasteiger partial charge is 0.271 e. The number of carbonyl (C=O) groups excluding carboxylic acids is 1. The summed E-state index contributed by atoms with van der Waals surface area (Å²) in [5, 5.41) is 13.6. The van der Waals surface area contributed by atoms with Crippen LogP contribution in [0.4, 0.5) is 5.69 Å². The second-order valence-electron chi connectivity index (χ2n) is 4.44. The van der Waals surface area contributed by atoms with Gasteiger partial charge in [0, 0.05) is 24.0 Å². The fourth-order valence-electron chi connectivity index (χ4n) is 2.07. The molecule has 1 saturated heterocycles. The maximum atomic E-state index is 11.7. The van der Waals surface area contributed by atoms with E-state index in [1.54, 1.807) is 35.0 Å². The van der Waals surface area contributed by atoms with Crippen molar-refractivity contribution in [1.82, 2.24) is 9.88 Å². The van der Waals surface area contributed by atoms with Crippen LogP contribution in [0.1, 0.15) is 5.69 Å². The molecule has 0 atom stereocenters. The number of benzene rings is 1. The Bertz CT molecular complexity index is 826. The molecule has 2 heterocycles. The summed E-state index contributed by atoms with van der Waals surface area (Å²) >= 11 is 5.92. The molecule has 0 unspecified atom stereocenters.